The molecule has 4 N–H and O–H groups in total. The van der Waals surface area contributed by atoms with E-state index in [0.717, 1.165) is 32.7 Å². The number of carbonyl (C=O) groups is 1. The first-order chi connectivity index (χ1) is 16.4. The average Bonchev–Trinajstić information content (AvgIpc) is 3.37. The van der Waals surface area contributed by atoms with Crippen LogP contribution in [-0.2, 0) is 7.05 Å². The number of methoxy groups -OCH3 is 1. The van der Waals surface area contributed by atoms with Gasteiger partial charge in [0, 0.05) is 16.6 Å². The minimum Gasteiger partial charge on any atom is -0.539 e. The Kier molecular flexibility index (Phi) is 5.14. The van der Waals surface area contributed by atoms with E-state index >= 15 is 0 Å². The molecule has 0 bridgehead atoms. The summed E-state index contributed by atoms with van der Waals surface area (Å²) in [7, 11) is 3.05. The molecular weight excluding hydrogens is 454 g/mol. The van der Waals surface area contributed by atoms with Gasteiger partial charge in [-0.25, -0.2) is 4.98 Å². The van der Waals surface area contributed by atoms with Crippen molar-refractivity contribution in [1.82, 2.24) is 10.3 Å². The average molecular weight is 474 g/mol. The van der Waals surface area contributed by atoms with E-state index in [9.17, 15) is 9.90 Å². The molecule has 0 fully saturated rings. The quantitative estimate of drug-likeness (QED) is 0.225. The number of nitrogens with zero attached hydrogens (tertiary/aromatic N) is 3. The number of anilines is 2. The van der Waals surface area contributed by atoms with Gasteiger partial charge >= 0.3 is 5.69 Å². The molecule has 0 amide bonds. The molecule has 3 aromatic heterocycles. The molecule has 0 radical (unpaired) electrons. The smallest absolute Gasteiger partial charge is 0.305 e. The van der Waals surface area contributed by atoms with Crippen LogP contribution >= 0.6 is 11.3 Å². The third-order valence-corrected chi connectivity index (χ3v) is 6.57. The van der Waals surface area contributed by atoms with Gasteiger partial charge in [0.2, 0.25) is 0 Å². The first kappa shape index (κ1) is 21.4. The summed E-state index contributed by atoms with van der Waals surface area (Å²) >= 11 is 1.12. The largest absolute Gasteiger partial charge is 0.539 e. The highest BCUT2D eigenvalue weighted by molar-refractivity contribution is 7.21. The van der Waals surface area contributed by atoms with Crippen molar-refractivity contribution in [3.05, 3.63) is 65.2 Å². The van der Waals surface area contributed by atoms with Gasteiger partial charge in [-0.15, -0.1) is 11.3 Å². The zero-order valence-electron chi connectivity index (χ0n) is 18.2. The number of nitrogen functional groups attached to an aromatic ring is 2. The van der Waals surface area contributed by atoms with Gasteiger partial charge in [0.15, 0.2) is 13.0 Å². The fourth-order valence-electron chi connectivity index (χ4n) is 3.77. The zero-order valence-corrected chi connectivity index (χ0v) is 19.1. The minimum atomic E-state index is -0.826. The number of carbonyl (C=O) groups excluding carboxylic acids is 1. The van der Waals surface area contributed by atoms with Crippen molar-refractivity contribution < 1.29 is 23.8 Å². The normalized spacial score (nSPS) is 11.1. The van der Waals surface area contributed by atoms with Crippen LogP contribution in [0.25, 0.3) is 32.6 Å². The number of aromatic nitrogens is 3. The Morgan fingerprint density at radius 1 is 1.12 bits per heavy atom. The Bertz CT molecular complexity index is 1540. The topological polar surface area (TPSA) is 144 Å². The second-order valence-electron chi connectivity index (χ2n) is 7.60. The van der Waals surface area contributed by atoms with Crippen LogP contribution in [-0.4, -0.2) is 23.1 Å². The summed E-state index contributed by atoms with van der Waals surface area (Å²) in [5.74, 6) is -0.720. The first-order valence-corrected chi connectivity index (χ1v) is 11.0. The maximum atomic E-state index is 13.2. The fourth-order valence-corrected chi connectivity index (χ4v) is 4.83. The lowest BCUT2D eigenvalue weighted by atomic mass is 9.99. The zero-order chi connectivity index (χ0) is 24.0. The number of thiophene rings is 1. The molecule has 0 atom stereocenters. The monoisotopic (exact) mass is 473 g/mol. The fraction of sp³-hybridized carbons (Fsp3) is 0.0833. The number of ketones is 1. The molecule has 0 saturated carbocycles. The summed E-state index contributed by atoms with van der Waals surface area (Å²) < 4.78 is 11.1. The molecule has 5 rings (SSSR count). The Balaban J connectivity index is 1.78. The molecule has 170 valence electrons. The number of benzene rings is 2. The Morgan fingerprint density at radius 3 is 2.56 bits per heavy atom. The summed E-state index contributed by atoms with van der Waals surface area (Å²) in [5, 5.41) is 16.2. The number of rotatable bonds is 5. The van der Waals surface area contributed by atoms with Gasteiger partial charge in [-0.3, -0.25) is 4.79 Å². The molecule has 5 aromatic rings. The standard InChI is InChI=1S/C24H19N5O4S/c1-29-20(24(31)33-28-29)21(30)22-19(26)18-16(13-4-3-5-15(10-13)32-2)11-17(27-23(18)34-22)12-6-8-14(25)9-7-12/h3-11H,1-2H3,(H4-,25,26,27,28,30,31). The Morgan fingerprint density at radius 2 is 1.88 bits per heavy atom. The number of aryl methyl sites for hydroxylation is 1. The molecule has 9 nitrogen and oxygen atoms in total. The van der Waals surface area contributed by atoms with Crippen molar-refractivity contribution >= 4 is 38.7 Å². The third kappa shape index (κ3) is 3.50. The number of nitrogens with two attached hydrogens (primary N) is 2. The number of hydrogen-bond acceptors (Lipinski definition) is 9. The summed E-state index contributed by atoms with van der Waals surface area (Å²) in [6.07, 6.45) is 0. The number of ether oxygens (including phenoxy) is 1. The predicted molar refractivity (Wildman–Crippen MR) is 126 cm³/mol. The molecule has 0 aliphatic rings. The van der Waals surface area contributed by atoms with E-state index in [0.29, 0.717) is 27.3 Å². The number of fused-ring (bicyclic) bond motifs is 1. The molecule has 3 heterocycles. The molecule has 0 aliphatic carbocycles. The molecule has 34 heavy (non-hydrogen) atoms. The molecule has 0 saturated heterocycles. The van der Waals surface area contributed by atoms with Crippen molar-refractivity contribution in [3.8, 4) is 34.1 Å². The molecule has 2 aromatic carbocycles. The highest BCUT2D eigenvalue weighted by Crippen LogP contribution is 2.42. The Labute approximate surface area is 197 Å². The lowest BCUT2D eigenvalue weighted by Gasteiger charge is -2.10. The summed E-state index contributed by atoms with van der Waals surface area (Å²) in [6.45, 7) is 0. The van der Waals surface area contributed by atoms with Crippen LogP contribution in [0, 0.1) is 0 Å². The van der Waals surface area contributed by atoms with Crippen molar-refractivity contribution in [3.63, 3.8) is 0 Å². The molecular formula is C24H19N5O4S. The molecule has 0 spiro atoms. The molecule has 0 aliphatic heterocycles. The van der Waals surface area contributed by atoms with Crippen LogP contribution in [0.1, 0.15) is 15.4 Å². The van der Waals surface area contributed by atoms with E-state index in [-0.39, 0.29) is 16.3 Å². The predicted octanol–water partition coefficient (Wildman–Crippen LogP) is 2.92. The number of hydrogen-bond donors (Lipinski definition) is 2. The summed E-state index contributed by atoms with van der Waals surface area (Å²) in [4.78, 5) is 18.8. The van der Waals surface area contributed by atoms with Crippen LogP contribution in [0.2, 0.25) is 0 Å². The van der Waals surface area contributed by atoms with Gasteiger partial charge in [-0.05, 0) is 41.5 Å². The Hall–Kier alpha value is -4.44. The third-order valence-electron chi connectivity index (χ3n) is 5.47. The van der Waals surface area contributed by atoms with Gasteiger partial charge in [0.1, 0.15) is 15.5 Å². The van der Waals surface area contributed by atoms with E-state index in [1.54, 1.807) is 19.2 Å². The van der Waals surface area contributed by atoms with Crippen LogP contribution in [0.15, 0.2) is 59.1 Å². The van der Waals surface area contributed by atoms with Crippen molar-refractivity contribution in [2.24, 2.45) is 7.05 Å². The van der Waals surface area contributed by atoms with E-state index in [2.05, 4.69) is 9.79 Å². The van der Waals surface area contributed by atoms with Gasteiger partial charge in [0.05, 0.1) is 23.8 Å². The van der Waals surface area contributed by atoms with Crippen LogP contribution in [0.5, 0.6) is 11.7 Å². The van der Waals surface area contributed by atoms with E-state index < -0.39 is 11.7 Å². The van der Waals surface area contributed by atoms with Gasteiger partial charge in [-0.2, -0.15) is 0 Å². The maximum Gasteiger partial charge on any atom is 0.305 e. The highest BCUT2D eigenvalue weighted by Gasteiger charge is 2.30. The van der Waals surface area contributed by atoms with Crippen molar-refractivity contribution in [2.75, 3.05) is 18.6 Å². The van der Waals surface area contributed by atoms with Gasteiger partial charge in [0.25, 0.3) is 5.78 Å². The second-order valence-corrected chi connectivity index (χ2v) is 8.59. The highest BCUT2D eigenvalue weighted by atomic mass is 32.1. The minimum absolute atomic E-state index is 0.192. The van der Waals surface area contributed by atoms with Crippen LogP contribution in [0.3, 0.4) is 0 Å². The van der Waals surface area contributed by atoms with Crippen LogP contribution < -0.4 is 26.0 Å². The van der Waals surface area contributed by atoms with Gasteiger partial charge in [-0.1, -0.05) is 28.9 Å². The lowest BCUT2D eigenvalue weighted by Crippen LogP contribution is -2.37. The van der Waals surface area contributed by atoms with Crippen LogP contribution in [0.4, 0.5) is 11.4 Å². The molecule has 0 unspecified atom stereocenters. The van der Waals surface area contributed by atoms with Crippen molar-refractivity contribution in [1.29, 1.82) is 0 Å². The number of pyridine rings is 1. The summed E-state index contributed by atoms with van der Waals surface area (Å²) in [5.41, 5.74) is 16.2. The van der Waals surface area contributed by atoms with E-state index in [1.165, 1.54) is 7.05 Å². The SMILES string of the molecule is COc1cccc(-c2cc(-c3ccc(N)cc3)nc3sc(C(=O)c4c([O-])on[n+]4C)c(N)c23)c1. The first-order valence-electron chi connectivity index (χ1n) is 10.2. The maximum absolute atomic E-state index is 13.2. The van der Waals surface area contributed by atoms with E-state index in [4.69, 9.17) is 21.2 Å². The molecule has 10 heteroatoms. The van der Waals surface area contributed by atoms with Crippen molar-refractivity contribution in [2.45, 2.75) is 0 Å². The van der Waals surface area contributed by atoms with E-state index in [1.807, 2.05) is 42.5 Å². The lowest BCUT2D eigenvalue weighted by molar-refractivity contribution is -0.741. The summed E-state index contributed by atoms with van der Waals surface area (Å²) in [6, 6.07) is 16.8. The van der Waals surface area contributed by atoms with Gasteiger partial charge < -0.3 is 25.8 Å². The second kappa shape index (κ2) is 8.16.